The lowest BCUT2D eigenvalue weighted by Crippen LogP contribution is -2.13. The van der Waals surface area contributed by atoms with Crippen molar-refractivity contribution < 1.29 is 9.53 Å². The quantitative estimate of drug-likeness (QED) is 0.542. The molecule has 4 nitrogen and oxygen atoms in total. The number of ether oxygens (including phenoxy) is 1. The highest BCUT2D eigenvalue weighted by Crippen LogP contribution is 2.55. The highest BCUT2D eigenvalue weighted by Gasteiger charge is 2.39. The summed E-state index contributed by atoms with van der Waals surface area (Å²) in [5, 5.41) is 3.39. The SMILES string of the molecule is NCc1ccc([C@H]2C[C@@H]2c2cc(Cl)cc(NC(=O)OCc3ccccc3)c2)cc1. The largest absolute Gasteiger partial charge is 0.444 e. The molecule has 2 atom stereocenters. The molecule has 1 amide bonds. The summed E-state index contributed by atoms with van der Waals surface area (Å²) in [6, 6.07) is 23.7. The van der Waals surface area contributed by atoms with Gasteiger partial charge in [0.1, 0.15) is 6.61 Å². The number of nitrogens with two attached hydrogens (primary N) is 1. The van der Waals surface area contributed by atoms with Gasteiger partial charge in [-0.25, -0.2) is 4.79 Å². The van der Waals surface area contributed by atoms with Crippen LogP contribution in [0.25, 0.3) is 0 Å². The van der Waals surface area contributed by atoms with Crippen LogP contribution in [0.4, 0.5) is 10.5 Å². The van der Waals surface area contributed by atoms with Gasteiger partial charge in [0.05, 0.1) is 0 Å². The molecule has 3 N–H and O–H groups in total. The number of hydrogen-bond acceptors (Lipinski definition) is 3. The smallest absolute Gasteiger partial charge is 0.411 e. The fourth-order valence-corrected chi connectivity index (χ4v) is 3.85. The van der Waals surface area contributed by atoms with Gasteiger partial charge in [0.15, 0.2) is 0 Å². The minimum absolute atomic E-state index is 0.226. The van der Waals surface area contributed by atoms with E-state index in [0.29, 0.717) is 29.1 Å². The van der Waals surface area contributed by atoms with Crippen LogP contribution in [0.2, 0.25) is 5.02 Å². The summed E-state index contributed by atoms with van der Waals surface area (Å²) in [6.45, 7) is 0.779. The normalized spacial score (nSPS) is 17.6. The molecular weight excluding hydrogens is 384 g/mol. The van der Waals surface area contributed by atoms with Crippen LogP contribution in [0.1, 0.15) is 40.5 Å². The fourth-order valence-electron chi connectivity index (χ4n) is 3.61. The maximum atomic E-state index is 12.2. The van der Waals surface area contributed by atoms with Gasteiger partial charge in [-0.3, -0.25) is 5.32 Å². The van der Waals surface area contributed by atoms with Crippen LogP contribution in [-0.4, -0.2) is 6.09 Å². The molecule has 0 radical (unpaired) electrons. The molecule has 1 fully saturated rings. The average molecular weight is 407 g/mol. The molecule has 3 aromatic carbocycles. The van der Waals surface area contributed by atoms with E-state index in [2.05, 4.69) is 29.6 Å². The second-order valence-corrected chi connectivity index (χ2v) is 7.79. The zero-order chi connectivity index (χ0) is 20.2. The molecule has 0 unspecified atom stereocenters. The second-order valence-electron chi connectivity index (χ2n) is 7.35. The Bertz CT molecular complexity index is 990. The summed E-state index contributed by atoms with van der Waals surface area (Å²) < 4.78 is 5.30. The van der Waals surface area contributed by atoms with E-state index < -0.39 is 6.09 Å². The van der Waals surface area contributed by atoms with Crippen molar-refractivity contribution in [2.75, 3.05) is 5.32 Å². The Morgan fingerprint density at radius 1 is 0.966 bits per heavy atom. The number of halogens is 1. The van der Waals surface area contributed by atoms with E-state index in [1.807, 2.05) is 42.5 Å². The summed E-state index contributed by atoms with van der Waals surface area (Å²) >= 11 is 6.31. The lowest BCUT2D eigenvalue weighted by Gasteiger charge is -2.10. The Hall–Kier alpha value is -2.82. The van der Waals surface area contributed by atoms with Crippen LogP contribution in [0.15, 0.2) is 72.8 Å². The average Bonchev–Trinajstić information content (AvgIpc) is 3.54. The van der Waals surface area contributed by atoms with Crippen molar-refractivity contribution in [3.63, 3.8) is 0 Å². The zero-order valence-corrected chi connectivity index (χ0v) is 16.7. The van der Waals surface area contributed by atoms with E-state index in [0.717, 1.165) is 23.1 Å². The van der Waals surface area contributed by atoms with Crippen LogP contribution in [0.5, 0.6) is 0 Å². The number of rotatable bonds is 6. The van der Waals surface area contributed by atoms with Crippen molar-refractivity contribution in [1.29, 1.82) is 0 Å². The van der Waals surface area contributed by atoms with Crippen molar-refractivity contribution in [3.05, 3.63) is 100 Å². The summed E-state index contributed by atoms with van der Waals surface area (Å²) in [6.07, 6.45) is 0.576. The summed E-state index contributed by atoms with van der Waals surface area (Å²) in [7, 11) is 0. The van der Waals surface area contributed by atoms with Gasteiger partial charge in [-0.05, 0) is 58.7 Å². The van der Waals surface area contributed by atoms with Gasteiger partial charge in [0, 0.05) is 17.3 Å². The molecule has 0 saturated heterocycles. The maximum absolute atomic E-state index is 12.2. The predicted molar refractivity (Wildman–Crippen MR) is 116 cm³/mol. The summed E-state index contributed by atoms with van der Waals surface area (Å²) in [4.78, 5) is 12.2. The Labute approximate surface area is 175 Å². The van der Waals surface area contributed by atoms with E-state index in [9.17, 15) is 4.79 Å². The molecular formula is C24H23ClN2O2. The van der Waals surface area contributed by atoms with Crippen LogP contribution in [-0.2, 0) is 17.9 Å². The van der Waals surface area contributed by atoms with Crippen LogP contribution >= 0.6 is 11.6 Å². The lowest BCUT2D eigenvalue weighted by atomic mass is 10.0. The third kappa shape index (κ3) is 4.97. The topological polar surface area (TPSA) is 64.3 Å². The summed E-state index contributed by atoms with van der Waals surface area (Å²) in [5.74, 6) is 0.872. The standard InChI is InChI=1S/C24H23ClN2O2/c25-20-10-19(23-13-22(23)18-8-6-16(14-26)7-9-18)11-21(12-20)27-24(28)29-15-17-4-2-1-3-5-17/h1-12,22-23H,13-15,26H2,(H,27,28)/t22-,23-/m1/s1. The van der Waals surface area contributed by atoms with Crippen LogP contribution in [0.3, 0.4) is 0 Å². The molecule has 3 aromatic rings. The van der Waals surface area contributed by atoms with E-state index in [1.165, 1.54) is 5.56 Å². The molecule has 0 heterocycles. The van der Waals surface area contributed by atoms with E-state index in [1.54, 1.807) is 6.07 Å². The van der Waals surface area contributed by atoms with Crippen molar-refractivity contribution in [2.45, 2.75) is 31.4 Å². The Balaban J connectivity index is 1.39. The van der Waals surface area contributed by atoms with Crippen molar-refractivity contribution in [2.24, 2.45) is 5.73 Å². The van der Waals surface area contributed by atoms with Gasteiger partial charge in [0.25, 0.3) is 0 Å². The van der Waals surface area contributed by atoms with Gasteiger partial charge >= 0.3 is 6.09 Å². The van der Waals surface area contributed by atoms with E-state index >= 15 is 0 Å². The maximum Gasteiger partial charge on any atom is 0.411 e. The van der Waals surface area contributed by atoms with Crippen LogP contribution in [0, 0.1) is 0 Å². The molecule has 0 spiro atoms. The van der Waals surface area contributed by atoms with Crippen molar-refractivity contribution in [3.8, 4) is 0 Å². The molecule has 1 saturated carbocycles. The number of carbonyl (C=O) groups is 1. The van der Waals surface area contributed by atoms with Crippen LogP contribution < -0.4 is 11.1 Å². The molecule has 4 rings (SSSR count). The van der Waals surface area contributed by atoms with Gasteiger partial charge in [-0.2, -0.15) is 0 Å². The number of hydrogen-bond donors (Lipinski definition) is 2. The molecule has 29 heavy (non-hydrogen) atoms. The first kappa shape index (κ1) is 19.5. The third-order valence-corrected chi connectivity index (χ3v) is 5.46. The molecule has 0 aliphatic heterocycles. The monoisotopic (exact) mass is 406 g/mol. The molecule has 0 bridgehead atoms. The first-order valence-corrected chi connectivity index (χ1v) is 10.1. The highest BCUT2D eigenvalue weighted by molar-refractivity contribution is 6.31. The minimum atomic E-state index is -0.494. The number of anilines is 1. The van der Waals surface area contributed by atoms with Gasteiger partial charge in [0.2, 0.25) is 0 Å². The Morgan fingerprint density at radius 3 is 2.41 bits per heavy atom. The lowest BCUT2D eigenvalue weighted by molar-refractivity contribution is 0.155. The first-order valence-electron chi connectivity index (χ1n) is 9.69. The van der Waals surface area contributed by atoms with Crippen molar-refractivity contribution in [1.82, 2.24) is 0 Å². The van der Waals surface area contributed by atoms with Gasteiger partial charge in [-0.1, -0.05) is 66.2 Å². The molecule has 5 heteroatoms. The zero-order valence-electron chi connectivity index (χ0n) is 16.0. The number of carbonyl (C=O) groups excluding carboxylic acids is 1. The number of benzene rings is 3. The molecule has 1 aliphatic rings. The molecule has 1 aliphatic carbocycles. The van der Waals surface area contributed by atoms with Gasteiger partial charge < -0.3 is 10.5 Å². The van der Waals surface area contributed by atoms with E-state index in [-0.39, 0.29) is 6.61 Å². The summed E-state index contributed by atoms with van der Waals surface area (Å²) in [5.41, 5.74) is 10.8. The second kappa shape index (κ2) is 8.68. The van der Waals surface area contributed by atoms with Gasteiger partial charge in [-0.15, -0.1) is 0 Å². The number of amides is 1. The fraction of sp³-hybridized carbons (Fsp3) is 0.208. The third-order valence-electron chi connectivity index (χ3n) is 5.24. The first-order chi connectivity index (χ1) is 14.1. The van der Waals surface area contributed by atoms with Crippen molar-refractivity contribution >= 4 is 23.4 Å². The minimum Gasteiger partial charge on any atom is -0.444 e. The molecule has 148 valence electrons. The molecule has 0 aromatic heterocycles. The predicted octanol–water partition coefficient (Wildman–Crippen LogP) is 5.82. The Morgan fingerprint density at radius 2 is 1.69 bits per heavy atom. The highest BCUT2D eigenvalue weighted by atomic mass is 35.5. The number of nitrogens with one attached hydrogen (secondary N) is 1. The van der Waals surface area contributed by atoms with E-state index in [4.69, 9.17) is 22.1 Å². The Kier molecular flexibility index (Phi) is 5.84.